The number of piperidine rings is 1. The van der Waals surface area contributed by atoms with Crippen LogP contribution in [0.3, 0.4) is 0 Å². The Hall–Kier alpha value is -2.61. The van der Waals surface area contributed by atoms with Crippen LogP contribution in [0.25, 0.3) is 5.57 Å². The van der Waals surface area contributed by atoms with Crippen molar-refractivity contribution in [1.29, 1.82) is 0 Å². The summed E-state index contributed by atoms with van der Waals surface area (Å²) in [5.41, 5.74) is 5.16. The van der Waals surface area contributed by atoms with E-state index in [4.69, 9.17) is 4.74 Å². The van der Waals surface area contributed by atoms with Crippen molar-refractivity contribution in [3.8, 4) is 5.75 Å². The Morgan fingerprint density at radius 3 is 2.44 bits per heavy atom. The van der Waals surface area contributed by atoms with E-state index >= 15 is 0 Å². The van der Waals surface area contributed by atoms with Crippen molar-refractivity contribution in [1.82, 2.24) is 4.90 Å². The second-order valence-electron chi connectivity index (χ2n) is 9.60. The Kier molecular flexibility index (Phi) is 5.43. The molecule has 3 aliphatic rings. The third kappa shape index (κ3) is 3.76. The van der Waals surface area contributed by atoms with Gasteiger partial charge < -0.3 is 9.64 Å². The van der Waals surface area contributed by atoms with Crippen LogP contribution in [0.2, 0.25) is 0 Å². The lowest BCUT2D eigenvalue weighted by Gasteiger charge is -2.35. The maximum absolute atomic E-state index is 13.5. The van der Waals surface area contributed by atoms with Gasteiger partial charge in [0.2, 0.25) is 0 Å². The molecule has 1 amide bonds. The largest absolute Gasteiger partial charge is 0.490 e. The van der Waals surface area contributed by atoms with E-state index in [1.807, 2.05) is 18.2 Å². The number of alkyl halides is 3. The van der Waals surface area contributed by atoms with Crippen molar-refractivity contribution in [2.24, 2.45) is 0 Å². The van der Waals surface area contributed by atoms with Crippen LogP contribution in [-0.2, 0) is 16.6 Å². The number of hydrogen-bond donors (Lipinski definition) is 0. The minimum atomic E-state index is -4.85. The van der Waals surface area contributed by atoms with Gasteiger partial charge >= 0.3 is 12.1 Å². The van der Waals surface area contributed by atoms with Crippen molar-refractivity contribution in [2.75, 3.05) is 13.1 Å². The lowest BCUT2D eigenvalue weighted by Crippen LogP contribution is -2.47. The number of amides is 1. The Morgan fingerprint density at radius 2 is 1.76 bits per heavy atom. The van der Waals surface area contributed by atoms with Gasteiger partial charge in [0.1, 0.15) is 11.9 Å². The number of carbonyl (C=O) groups excluding carboxylic acids is 2. The molecule has 0 bridgehead atoms. The zero-order valence-corrected chi connectivity index (χ0v) is 20.3. The molecule has 5 rings (SSSR count). The molecule has 178 valence electrons. The van der Waals surface area contributed by atoms with Crippen molar-refractivity contribution in [3.63, 3.8) is 0 Å². The van der Waals surface area contributed by atoms with Crippen molar-refractivity contribution in [3.05, 3.63) is 68.7 Å². The number of halogens is 4. The molecule has 0 spiro atoms. The maximum atomic E-state index is 13.5. The first-order valence-electron chi connectivity index (χ1n) is 11.2. The molecular formula is C26H23BrF3NO3. The molecule has 2 aromatic carbocycles. The minimum Gasteiger partial charge on any atom is -0.490 e. The molecule has 0 saturated carbocycles. The Morgan fingerprint density at radius 1 is 1.09 bits per heavy atom. The molecule has 0 N–H and O–H groups in total. The van der Waals surface area contributed by atoms with Crippen LogP contribution in [-0.4, -0.2) is 42.0 Å². The second-order valence-corrected chi connectivity index (χ2v) is 10.5. The van der Waals surface area contributed by atoms with Gasteiger partial charge in [0.15, 0.2) is 5.78 Å². The number of allylic oxidation sites excluding steroid dienone is 2. The number of fused-ring (bicyclic) bond motifs is 3. The van der Waals surface area contributed by atoms with E-state index in [1.54, 1.807) is 12.1 Å². The molecule has 2 aromatic rings. The summed E-state index contributed by atoms with van der Waals surface area (Å²) in [6.07, 6.45) is -3.80. The first-order valence-corrected chi connectivity index (χ1v) is 12.0. The highest BCUT2D eigenvalue weighted by Gasteiger charge is 2.44. The van der Waals surface area contributed by atoms with Crippen molar-refractivity contribution < 1.29 is 27.5 Å². The molecule has 1 heterocycles. The van der Waals surface area contributed by atoms with E-state index < -0.39 is 12.1 Å². The average Bonchev–Trinajstić information content (AvgIpc) is 3.17. The molecule has 1 fully saturated rings. The first kappa shape index (κ1) is 23.1. The van der Waals surface area contributed by atoms with Crippen LogP contribution >= 0.6 is 15.9 Å². The summed E-state index contributed by atoms with van der Waals surface area (Å²) in [6.45, 7) is 4.23. The van der Waals surface area contributed by atoms with Crippen LogP contribution in [0.5, 0.6) is 5.75 Å². The fourth-order valence-corrected chi connectivity index (χ4v) is 5.75. The normalized spacial score (nSPS) is 19.6. The molecule has 34 heavy (non-hydrogen) atoms. The fraction of sp³-hybridized carbons (Fsp3) is 0.385. The Labute approximate surface area is 203 Å². The molecular weight excluding hydrogens is 511 g/mol. The van der Waals surface area contributed by atoms with E-state index in [2.05, 4.69) is 35.8 Å². The number of rotatable bonds is 2. The summed E-state index contributed by atoms with van der Waals surface area (Å²) in [7, 11) is 0. The highest BCUT2D eigenvalue weighted by molar-refractivity contribution is 9.10. The van der Waals surface area contributed by atoms with Crippen molar-refractivity contribution in [2.45, 2.75) is 50.8 Å². The summed E-state index contributed by atoms with van der Waals surface area (Å²) in [6, 6.07) is 11.4. The second kappa shape index (κ2) is 7.97. The number of carbonyl (C=O) groups is 2. The topological polar surface area (TPSA) is 46.6 Å². The molecule has 0 atom stereocenters. The van der Waals surface area contributed by atoms with E-state index in [0.29, 0.717) is 30.6 Å². The van der Waals surface area contributed by atoms with Crippen LogP contribution in [0.4, 0.5) is 13.2 Å². The lowest BCUT2D eigenvalue weighted by atomic mass is 9.68. The van der Waals surface area contributed by atoms with Gasteiger partial charge in [-0.05, 0) is 59.0 Å². The zero-order valence-electron chi connectivity index (χ0n) is 18.8. The zero-order chi connectivity index (χ0) is 24.4. The summed E-state index contributed by atoms with van der Waals surface area (Å²) in [4.78, 5) is 25.8. The Balaban J connectivity index is 1.37. The maximum Gasteiger partial charge on any atom is 0.471 e. The summed E-state index contributed by atoms with van der Waals surface area (Å²) in [5.74, 6) is -1.20. The average molecular weight is 534 g/mol. The van der Waals surface area contributed by atoms with Crippen LogP contribution in [0.1, 0.15) is 53.7 Å². The van der Waals surface area contributed by atoms with Gasteiger partial charge in [-0.25, -0.2) is 0 Å². The van der Waals surface area contributed by atoms with Gasteiger partial charge in [0, 0.05) is 47.0 Å². The smallest absolute Gasteiger partial charge is 0.471 e. The van der Waals surface area contributed by atoms with Gasteiger partial charge in [-0.15, -0.1) is 0 Å². The van der Waals surface area contributed by atoms with E-state index in [-0.39, 0.29) is 30.4 Å². The van der Waals surface area contributed by atoms with Crippen LogP contribution in [0.15, 0.2) is 46.4 Å². The quantitative estimate of drug-likeness (QED) is 0.485. The molecule has 4 nitrogen and oxygen atoms in total. The molecule has 0 radical (unpaired) electrons. The van der Waals surface area contributed by atoms with E-state index in [0.717, 1.165) is 37.2 Å². The number of benzene rings is 2. The van der Waals surface area contributed by atoms with Crippen molar-refractivity contribution >= 4 is 33.2 Å². The predicted octanol–water partition coefficient (Wildman–Crippen LogP) is 5.87. The number of ketones is 1. The summed E-state index contributed by atoms with van der Waals surface area (Å²) >= 11 is 3.52. The minimum absolute atomic E-state index is 0.00198. The number of ether oxygens (including phenoxy) is 1. The van der Waals surface area contributed by atoms with Gasteiger partial charge in [-0.1, -0.05) is 35.8 Å². The van der Waals surface area contributed by atoms with Crippen LogP contribution < -0.4 is 4.74 Å². The lowest BCUT2D eigenvalue weighted by molar-refractivity contribution is -0.187. The third-order valence-electron chi connectivity index (χ3n) is 7.17. The molecule has 2 aliphatic carbocycles. The highest BCUT2D eigenvalue weighted by Crippen LogP contribution is 2.50. The van der Waals surface area contributed by atoms with Crippen LogP contribution in [0, 0.1) is 0 Å². The van der Waals surface area contributed by atoms with Gasteiger partial charge in [-0.3, -0.25) is 9.59 Å². The third-order valence-corrected chi connectivity index (χ3v) is 7.66. The monoisotopic (exact) mass is 533 g/mol. The van der Waals surface area contributed by atoms with Gasteiger partial charge in [0.05, 0.1) is 0 Å². The first-order chi connectivity index (χ1) is 16.0. The molecule has 1 saturated heterocycles. The number of likely N-dealkylation sites (tertiary alicyclic amines) is 1. The predicted molar refractivity (Wildman–Crippen MR) is 125 cm³/mol. The van der Waals surface area contributed by atoms with E-state index in [1.165, 1.54) is 0 Å². The standard InChI is InChI=1S/C26H23BrF3NO3/c1-25(2)20-13-17(34-16-7-9-31(10-8-16)24(33)26(28,29)30)4-6-19(20)23(32)22-18-5-3-15(27)11-14(18)12-21(22)25/h3-6,11,13,16H,7-10,12H2,1-2H3. The van der Waals surface area contributed by atoms with Gasteiger partial charge in [0.25, 0.3) is 0 Å². The highest BCUT2D eigenvalue weighted by atomic mass is 79.9. The number of hydrogen-bond acceptors (Lipinski definition) is 3. The SMILES string of the molecule is CC1(C)C2=C(C(=O)c3ccc(OC4CCN(C(=O)C(F)(F)F)CC4)cc31)c1ccc(Br)cc1C2. The molecule has 0 aromatic heterocycles. The molecule has 1 aliphatic heterocycles. The van der Waals surface area contributed by atoms with E-state index in [9.17, 15) is 22.8 Å². The summed E-state index contributed by atoms with van der Waals surface area (Å²) in [5, 5.41) is 0. The van der Waals surface area contributed by atoms with Gasteiger partial charge in [-0.2, -0.15) is 13.2 Å². The summed E-state index contributed by atoms with van der Waals surface area (Å²) < 4.78 is 45.1. The number of Topliss-reactive ketones (excluding diaryl/α,β-unsaturated/α-hetero) is 1. The molecule has 0 unspecified atom stereocenters. The fourth-order valence-electron chi connectivity index (χ4n) is 5.34. The molecule has 8 heteroatoms. The Bertz CT molecular complexity index is 1240. The number of nitrogens with zero attached hydrogens (tertiary/aromatic N) is 1.